The SMILES string of the molecule is CCCCCCC(NC)c1ccc(F)c(F)c1F. The normalized spacial score (nSPS) is 12.7. The third-order valence-electron chi connectivity index (χ3n) is 3.14. The highest BCUT2D eigenvalue weighted by atomic mass is 19.2. The molecule has 0 spiro atoms. The van der Waals surface area contributed by atoms with Crippen molar-refractivity contribution in [2.45, 2.75) is 45.1 Å². The van der Waals surface area contributed by atoms with Gasteiger partial charge in [0.05, 0.1) is 0 Å². The molecule has 0 saturated heterocycles. The molecule has 1 aromatic rings. The molecule has 0 radical (unpaired) electrons. The topological polar surface area (TPSA) is 12.0 Å². The van der Waals surface area contributed by atoms with Crippen LogP contribution in [0.3, 0.4) is 0 Å². The Hall–Kier alpha value is -1.03. The van der Waals surface area contributed by atoms with Crippen LogP contribution in [0.2, 0.25) is 0 Å². The van der Waals surface area contributed by atoms with E-state index >= 15 is 0 Å². The maximum atomic E-state index is 13.6. The van der Waals surface area contributed by atoms with E-state index in [-0.39, 0.29) is 11.6 Å². The maximum Gasteiger partial charge on any atom is 0.194 e. The van der Waals surface area contributed by atoms with E-state index in [4.69, 9.17) is 0 Å². The van der Waals surface area contributed by atoms with Gasteiger partial charge in [0, 0.05) is 11.6 Å². The predicted molar refractivity (Wildman–Crippen MR) is 66.9 cm³/mol. The summed E-state index contributed by atoms with van der Waals surface area (Å²) >= 11 is 0. The first-order valence-electron chi connectivity index (χ1n) is 6.42. The first-order chi connectivity index (χ1) is 8.61. The molecule has 0 amide bonds. The summed E-state index contributed by atoms with van der Waals surface area (Å²) in [7, 11) is 1.70. The zero-order chi connectivity index (χ0) is 13.5. The number of hydrogen-bond acceptors (Lipinski definition) is 1. The molecular weight excluding hydrogens is 239 g/mol. The second kappa shape index (κ2) is 7.41. The Bertz CT molecular complexity index is 380. The largest absolute Gasteiger partial charge is 0.313 e. The molecule has 18 heavy (non-hydrogen) atoms. The van der Waals surface area contributed by atoms with Crippen molar-refractivity contribution in [3.63, 3.8) is 0 Å². The summed E-state index contributed by atoms with van der Waals surface area (Å²) < 4.78 is 39.6. The maximum absolute atomic E-state index is 13.6. The van der Waals surface area contributed by atoms with E-state index in [9.17, 15) is 13.2 Å². The molecule has 0 fully saturated rings. The van der Waals surface area contributed by atoms with Gasteiger partial charge in [-0.3, -0.25) is 0 Å². The standard InChI is InChI=1S/C14H20F3N/c1-3-4-5-6-7-12(18-2)10-8-9-11(15)14(17)13(10)16/h8-9,12,18H,3-7H2,1-2H3. The Morgan fingerprint density at radius 2 is 1.78 bits per heavy atom. The van der Waals surface area contributed by atoms with Crippen molar-refractivity contribution < 1.29 is 13.2 Å². The van der Waals surface area contributed by atoms with E-state index in [0.29, 0.717) is 0 Å². The molecule has 0 bridgehead atoms. The van der Waals surface area contributed by atoms with E-state index in [1.165, 1.54) is 6.07 Å². The van der Waals surface area contributed by atoms with Gasteiger partial charge in [-0.05, 0) is 19.5 Å². The first kappa shape index (κ1) is 15.0. The lowest BCUT2D eigenvalue weighted by atomic mass is 9.99. The fourth-order valence-electron chi connectivity index (χ4n) is 2.04. The number of nitrogens with one attached hydrogen (secondary N) is 1. The molecule has 1 rings (SSSR count). The lowest BCUT2D eigenvalue weighted by molar-refractivity contribution is 0.419. The van der Waals surface area contributed by atoms with Crippen LogP contribution in [0.15, 0.2) is 12.1 Å². The second-order valence-electron chi connectivity index (χ2n) is 4.46. The van der Waals surface area contributed by atoms with Crippen LogP contribution in [0, 0.1) is 17.5 Å². The number of unbranched alkanes of at least 4 members (excludes halogenated alkanes) is 3. The monoisotopic (exact) mass is 259 g/mol. The third kappa shape index (κ3) is 3.73. The van der Waals surface area contributed by atoms with Crippen LogP contribution in [0.25, 0.3) is 0 Å². The molecule has 0 heterocycles. The van der Waals surface area contributed by atoms with Crippen LogP contribution in [0.4, 0.5) is 13.2 Å². The second-order valence-corrected chi connectivity index (χ2v) is 4.46. The van der Waals surface area contributed by atoms with Crippen molar-refractivity contribution in [1.29, 1.82) is 0 Å². The summed E-state index contributed by atoms with van der Waals surface area (Å²) in [5.74, 6) is -3.61. The average molecular weight is 259 g/mol. The van der Waals surface area contributed by atoms with E-state index < -0.39 is 17.5 Å². The van der Waals surface area contributed by atoms with Gasteiger partial charge < -0.3 is 5.32 Å². The zero-order valence-corrected chi connectivity index (χ0v) is 10.9. The highest BCUT2D eigenvalue weighted by molar-refractivity contribution is 5.23. The van der Waals surface area contributed by atoms with E-state index in [0.717, 1.165) is 38.2 Å². The van der Waals surface area contributed by atoms with Crippen LogP contribution in [-0.4, -0.2) is 7.05 Å². The highest BCUT2D eigenvalue weighted by Crippen LogP contribution is 2.25. The Kier molecular flexibility index (Phi) is 6.19. The van der Waals surface area contributed by atoms with Gasteiger partial charge in [-0.1, -0.05) is 38.7 Å². The summed E-state index contributed by atoms with van der Waals surface area (Å²) in [5.41, 5.74) is 0.202. The van der Waals surface area contributed by atoms with E-state index in [1.54, 1.807) is 7.05 Å². The predicted octanol–water partition coefficient (Wildman–Crippen LogP) is 4.33. The van der Waals surface area contributed by atoms with Crippen LogP contribution >= 0.6 is 0 Å². The molecule has 1 nitrogen and oxygen atoms in total. The van der Waals surface area contributed by atoms with E-state index in [1.807, 2.05) is 0 Å². The fraction of sp³-hybridized carbons (Fsp3) is 0.571. The van der Waals surface area contributed by atoms with Crippen molar-refractivity contribution >= 4 is 0 Å². The van der Waals surface area contributed by atoms with Crippen molar-refractivity contribution in [3.8, 4) is 0 Å². The molecule has 0 aliphatic heterocycles. The molecule has 1 N–H and O–H groups in total. The van der Waals surface area contributed by atoms with Gasteiger partial charge in [0.2, 0.25) is 0 Å². The smallest absolute Gasteiger partial charge is 0.194 e. The lowest BCUT2D eigenvalue weighted by Crippen LogP contribution is -2.18. The summed E-state index contributed by atoms with van der Waals surface area (Å²) in [4.78, 5) is 0. The van der Waals surface area contributed by atoms with Gasteiger partial charge in [-0.25, -0.2) is 13.2 Å². The van der Waals surface area contributed by atoms with Crippen LogP contribution in [0.1, 0.15) is 50.6 Å². The molecule has 0 aliphatic carbocycles. The van der Waals surface area contributed by atoms with Crippen molar-refractivity contribution in [2.24, 2.45) is 0 Å². The molecule has 1 unspecified atom stereocenters. The summed E-state index contributed by atoms with van der Waals surface area (Å²) in [6.07, 6.45) is 5.00. The summed E-state index contributed by atoms with van der Waals surface area (Å²) in [6.45, 7) is 2.12. The quantitative estimate of drug-likeness (QED) is 0.567. The van der Waals surface area contributed by atoms with Gasteiger partial charge in [-0.2, -0.15) is 0 Å². The number of rotatable bonds is 7. The van der Waals surface area contributed by atoms with Gasteiger partial charge in [0.1, 0.15) is 0 Å². The molecule has 102 valence electrons. The number of benzene rings is 1. The summed E-state index contributed by atoms with van der Waals surface area (Å²) in [5, 5.41) is 2.95. The van der Waals surface area contributed by atoms with Gasteiger partial charge in [0.25, 0.3) is 0 Å². The average Bonchev–Trinajstić information content (AvgIpc) is 2.38. The van der Waals surface area contributed by atoms with Gasteiger partial charge in [-0.15, -0.1) is 0 Å². The first-order valence-corrected chi connectivity index (χ1v) is 6.42. The third-order valence-corrected chi connectivity index (χ3v) is 3.14. The molecule has 1 aromatic carbocycles. The fourth-order valence-corrected chi connectivity index (χ4v) is 2.04. The Labute approximate surface area is 106 Å². The number of hydrogen-bond donors (Lipinski definition) is 1. The lowest BCUT2D eigenvalue weighted by Gasteiger charge is -2.17. The van der Waals surface area contributed by atoms with Gasteiger partial charge >= 0.3 is 0 Å². The Morgan fingerprint density at radius 1 is 1.06 bits per heavy atom. The highest BCUT2D eigenvalue weighted by Gasteiger charge is 2.19. The minimum Gasteiger partial charge on any atom is -0.313 e. The number of halogens is 3. The Balaban J connectivity index is 2.73. The molecule has 0 aliphatic rings. The van der Waals surface area contributed by atoms with Crippen molar-refractivity contribution in [3.05, 3.63) is 35.1 Å². The van der Waals surface area contributed by atoms with Crippen LogP contribution in [0.5, 0.6) is 0 Å². The van der Waals surface area contributed by atoms with Crippen LogP contribution in [-0.2, 0) is 0 Å². The molecule has 1 atom stereocenters. The van der Waals surface area contributed by atoms with Crippen molar-refractivity contribution in [1.82, 2.24) is 5.32 Å². The Morgan fingerprint density at radius 3 is 2.39 bits per heavy atom. The van der Waals surface area contributed by atoms with Crippen molar-refractivity contribution in [2.75, 3.05) is 7.05 Å². The van der Waals surface area contributed by atoms with Crippen LogP contribution < -0.4 is 5.32 Å². The molecule has 0 aromatic heterocycles. The minimum atomic E-state index is -1.39. The molecular formula is C14H20F3N. The van der Waals surface area contributed by atoms with E-state index in [2.05, 4.69) is 12.2 Å². The summed E-state index contributed by atoms with van der Waals surface area (Å²) in [6, 6.07) is 2.02. The molecule has 4 heteroatoms. The zero-order valence-electron chi connectivity index (χ0n) is 10.9. The minimum absolute atomic E-state index is 0.202. The van der Waals surface area contributed by atoms with Gasteiger partial charge in [0.15, 0.2) is 17.5 Å². The molecule has 0 saturated carbocycles.